The van der Waals surface area contributed by atoms with Gasteiger partial charge in [-0.15, -0.1) is 0 Å². The summed E-state index contributed by atoms with van der Waals surface area (Å²) in [5, 5.41) is 10.1. The fourth-order valence-electron chi connectivity index (χ4n) is 4.20. The van der Waals surface area contributed by atoms with Crippen molar-refractivity contribution in [3.8, 4) is 5.75 Å². The minimum Gasteiger partial charge on any atom is -0.484 e. The molecule has 2 amide bonds. The lowest BCUT2D eigenvalue weighted by Crippen LogP contribution is -2.37. The van der Waals surface area contributed by atoms with Gasteiger partial charge in [0.25, 0.3) is 11.8 Å². The van der Waals surface area contributed by atoms with Crippen LogP contribution in [0.15, 0.2) is 53.1 Å². The summed E-state index contributed by atoms with van der Waals surface area (Å²) in [6, 6.07) is 14.8. The van der Waals surface area contributed by atoms with E-state index in [-0.39, 0.29) is 25.0 Å². The van der Waals surface area contributed by atoms with E-state index < -0.39 is 0 Å². The van der Waals surface area contributed by atoms with E-state index in [1.807, 2.05) is 42.5 Å². The monoisotopic (exact) mass is 491 g/mol. The quantitative estimate of drug-likeness (QED) is 0.540. The predicted molar refractivity (Wildman–Crippen MR) is 136 cm³/mol. The van der Waals surface area contributed by atoms with Crippen LogP contribution >= 0.6 is 0 Å². The average Bonchev–Trinajstić information content (AvgIpc) is 3.31. The summed E-state index contributed by atoms with van der Waals surface area (Å²) in [6.07, 6.45) is 5.39. The van der Waals surface area contributed by atoms with Crippen LogP contribution in [0.1, 0.15) is 59.7 Å². The van der Waals surface area contributed by atoms with E-state index in [4.69, 9.17) is 9.26 Å². The van der Waals surface area contributed by atoms with Gasteiger partial charge in [-0.25, -0.2) is 0 Å². The van der Waals surface area contributed by atoms with Gasteiger partial charge in [0.15, 0.2) is 12.4 Å². The number of hydrogen-bond donors (Lipinski definition) is 2. The summed E-state index contributed by atoms with van der Waals surface area (Å²) < 4.78 is 10.7. The average molecular weight is 492 g/mol. The highest BCUT2D eigenvalue weighted by molar-refractivity contribution is 5.98. The van der Waals surface area contributed by atoms with Crippen molar-refractivity contribution in [3.05, 3.63) is 71.4 Å². The highest BCUT2D eigenvalue weighted by Gasteiger charge is 2.21. The Morgan fingerprint density at radius 2 is 1.89 bits per heavy atom. The highest BCUT2D eigenvalue weighted by atomic mass is 16.5. The van der Waals surface area contributed by atoms with Crippen LogP contribution in [0.2, 0.25) is 0 Å². The maximum absolute atomic E-state index is 13.3. The fourth-order valence-corrected chi connectivity index (χ4v) is 4.20. The van der Waals surface area contributed by atoms with Crippen molar-refractivity contribution >= 4 is 17.5 Å². The summed E-state index contributed by atoms with van der Waals surface area (Å²) in [6.45, 7) is 3.87. The van der Waals surface area contributed by atoms with Crippen molar-refractivity contribution in [1.29, 1.82) is 0 Å². The van der Waals surface area contributed by atoms with Crippen molar-refractivity contribution in [2.45, 2.75) is 52.1 Å². The van der Waals surface area contributed by atoms with Gasteiger partial charge in [0.1, 0.15) is 5.75 Å². The predicted octanol–water partition coefficient (Wildman–Crippen LogP) is 3.77. The number of nitrogens with zero attached hydrogens (tertiary/aromatic N) is 3. The van der Waals surface area contributed by atoms with Crippen molar-refractivity contribution in [1.82, 2.24) is 20.8 Å². The summed E-state index contributed by atoms with van der Waals surface area (Å²) in [4.78, 5) is 32.1. The molecule has 0 bridgehead atoms. The number of aromatic nitrogens is 2. The van der Waals surface area contributed by atoms with Crippen LogP contribution in [-0.2, 0) is 17.9 Å². The molecule has 0 spiro atoms. The van der Waals surface area contributed by atoms with E-state index >= 15 is 0 Å². The Morgan fingerprint density at radius 3 is 2.69 bits per heavy atom. The molecule has 36 heavy (non-hydrogen) atoms. The van der Waals surface area contributed by atoms with Gasteiger partial charge in [-0.3, -0.25) is 9.59 Å². The first-order valence-electron chi connectivity index (χ1n) is 12.5. The Hall–Kier alpha value is -3.72. The second-order valence-corrected chi connectivity index (χ2v) is 8.85. The Bertz CT molecular complexity index is 1150. The molecule has 4 rings (SSSR count). The molecule has 2 heterocycles. The van der Waals surface area contributed by atoms with E-state index in [2.05, 4.69) is 20.8 Å². The van der Waals surface area contributed by atoms with Crippen LogP contribution in [0.4, 0.5) is 5.69 Å². The van der Waals surface area contributed by atoms with Crippen molar-refractivity contribution < 1.29 is 18.8 Å². The van der Waals surface area contributed by atoms with Crippen LogP contribution in [0.5, 0.6) is 5.75 Å². The smallest absolute Gasteiger partial charge is 0.264 e. The molecule has 2 N–H and O–H groups in total. The molecule has 0 saturated carbocycles. The summed E-state index contributed by atoms with van der Waals surface area (Å²) in [5.74, 6) is 1.18. The van der Waals surface area contributed by atoms with Gasteiger partial charge < -0.3 is 24.8 Å². The molecule has 9 heteroatoms. The summed E-state index contributed by atoms with van der Waals surface area (Å²) in [7, 11) is 0. The number of ether oxygens (including phenoxy) is 1. The number of fused-ring (bicyclic) bond motifs is 1. The normalized spacial score (nSPS) is 14.8. The number of anilines is 1. The number of rotatable bonds is 6. The molecule has 2 aromatic carbocycles. The number of aryl methyl sites for hydroxylation is 1. The van der Waals surface area contributed by atoms with Gasteiger partial charge in [0.2, 0.25) is 5.89 Å². The molecule has 1 aliphatic heterocycles. The molecule has 190 valence electrons. The highest BCUT2D eigenvalue weighted by Crippen LogP contribution is 2.25. The molecule has 1 aromatic heterocycles. The molecule has 1 aliphatic rings. The Morgan fingerprint density at radius 1 is 1.08 bits per heavy atom. The lowest BCUT2D eigenvalue weighted by Gasteiger charge is -2.26. The maximum Gasteiger partial charge on any atom is 0.264 e. The van der Waals surface area contributed by atoms with Gasteiger partial charge in [-0.05, 0) is 55.3 Å². The molecule has 9 nitrogen and oxygen atoms in total. The molecule has 0 unspecified atom stereocenters. The molecule has 0 fully saturated rings. The van der Waals surface area contributed by atoms with E-state index in [1.165, 1.54) is 0 Å². The van der Waals surface area contributed by atoms with Gasteiger partial charge in [0.05, 0.1) is 6.54 Å². The zero-order valence-corrected chi connectivity index (χ0v) is 20.7. The van der Waals surface area contributed by atoms with E-state index in [0.29, 0.717) is 36.1 Å². The molecule has 0 atom stereocenters. The number of nitrogens with one attached hydrogen (secondary N) is 2. The second kappa shape index (κ2) is 12.8. The number of amides is 2. The van der Waals surface area contributed by atoms with E-state index in [0.717, 1.165) is 49.9 Å². The number of carbonyl (C=O) groups excluding carboxylic acids is 2. The minimum atomic E-state index is -0.239. The van der Waals surface area contributed by atoms with E-state index in [9.17, 15) is 9.59 Å². The van der Waals surface area contributed by atoms with Crippen LogP contribution in [0.3, 0.4) is 0 Å². The topological polar surface area (TPSA) is 110 Å². The molecule has 3 aromatic rings. The third kappa shape index (κ3) is 7.14. The Labute approximate surface area is 211 Å². The van der Waals surface area contributed by atoms with Gasteiger partial charge >= 0.3 is 0 Å². The minimum absolute atomic E-state index is 0.0523. The maximum atomic E-state index is 13.3. The number of carbonyl (C=O) groups is 2. The lowest BCUT2D eigenvalue weighted by atomic mass is 10.0. The molecular formula is C27H33N5O4. The first-order valence-corrected chi connectivity index (χ1v) is 12.5. The van der Waals surface area contributed by atoms with Crippen LogP contribution in [-0.4, -0.2) is 41.7 Å². The van der Waals surface area contributed by atoms with Crippen LogP contribution in [0.25, 0.3) is 0 Å². The summed E-state index contributed by atoms with van der Waals surface area (Å²) in [5.41, 5.74) is 2.21. The standard InChI is InChI=1S/C27H33N5O4/c1-20-30-25(31-36-20)18-29-27(34)21-12-13-24-22(16-21)17-28-14-8-3-2-4-9-15-32(24)26(33)19-35-23-10-6-5-7-11-23/h5-7,10-13,16,28H,2-4,8-9,14-15,17-19H2,1H3,(H,29,34). The number of benzene rings is 2. The first kappa shape index (κ1) is 25.4. The van der Waals surface area contributed by atoms with Crippen molar-refractivity contribution in [3.63, 3.8) is 0 Å². The van der Waals surface area contributed by atoms with Crippen molar-refractivity contribution in [2.75, 3.05) is 24.6 Å². The van der Waals surface area contributed by atoms with Crippen LogP contribution < -0.4 is 20.3 Å². The van der Waals surface area contributed by atoms with Crippen LogP contribution in [0, 0.1) is 6.92 Å². The summed E-state index contributed by atoms with van der Waals surface area (Å²) >= 11 is 0. The Balaban J connectivity index is 1.53. The van der Waals surface area contributed by atoms with Gasteiger partial charge in [-0.1, -0.05) is 42.6 Å². The third-order valence-corrected chi connectivity index (χ3v) is 6.07. The first-order chi connectivity index (χ1) is 17.6. The molecular weight excluding hydrogens is 458 g/mol. The number of hydrogen-bond acceptors (Lipinski definition) is 7. The van der Waals surface area contributed by atoms with Gasteiger partial charge in [-0.2, -0.15) is 4.98 Å². The largest absolute Gasteiger partial charge is 0.484 e. The number of para-hydroxylation sites is 1. The fraction of sp³-hybridized carbons (Fsp3) is 0.407. The third-order valence-electron chi connectivity index (χ3n) is 6.07. The second-order valence-electron chi connectivity index (χ2n) is 8.85. The lowest BCUT2D eigenvalue weighted by molar-refractivity contribution is -0.120. The van der Waals surface area contributed by atoms with Gasteiger partial charge in [0, 0.05) is 31.3 Å². The Kier molecular flexibility index (Phi) is 9.04. The molecule has 0 aliphatic carbocycles. The van der Waals surface area contributed by atoms with Crippen molar-refractivity contribution in [2.24, 2.45) is 0 Å². The van der Waals surface area contributed by atoms with E-state index in [1.54, 1.807) is 17.9 Å². The molecule has 0 saturated heterocycles. The molecule has 0 radical (unpaired) electrons. The SMILES string of the molecule is Cc1nc(CNC(=O)c2ccc3c(c2)CNCCCCCCCN3C(=O)COc2ccccc2)no1. The zero-order valence-electron chi connectivity index (χ0n) is 20.7. The zero-order chi connectivity index (χ0) is 25.2.